The Labute approximate surface area is 175 Å². The van der Waals surface area contributed by atoms with Gasteiger partial charge in [0, 0.05) is 25.0 Å². The number of carbonyl (C=O) groups excluding carboxylic acids is 5. The van der Waals surface area contributed by atoms with E-state index in [1.807, 2.05) is 13.8 Å². The predicted molar refractivity (Wildman–Crippen MR) is 102 cm³/mol. The van der Waals surface area contributed by atoms with Crippen LogP contribution in [0, 0.1) is 0 Å². The molecule has 0 aromatic heterocycles. The first-order chi connectivity index (χ1) is 13.9. The van der Waals surface area contributed by atoms with Gasteiger partial charge in [-0.25, -0.2) is 4.79 Å². The van der Waals surface area contributed by atoms with Gasteiger partial charge in [0.05, 0.1) is 37.4 Å². The number of hydrogen-bond acceptors (Lipinski definition) is 8. The third-order valence-electron chi connectivity index (χ3n) is 4.65. The van der Waals surface area contributed by atoms with E-state index in [4.69, 9.17) is 14.3 Å². The maximum atomic E-state index is 11.9. The van der Waals surface area contributed by atoms with Crippen molar-refractivity contribution in [3.8, 4) is 0 Å². The molecule has 0 atom stereocenters. The van der Waals surface area contributed by atoms with E-state index in [2.05, 4.69) is 0 Å². The zero-order valence-corrected chi connectivity index (χ0v) is 17.8. The molecule has 0 radical (unpaired) electrons. The quantitative estimate of drug-likeness (QED) is 0.449. The fourth-order valence-electron chi connectivity index (χ4n) is 2.76. The molecule has 0 spiro atoms. The van der Waals surface area contributed by atoms with Crippen molar-refractivity contribution in [2.75, 3.05) is 19.8 Å². The first kappa shape index (κ1) is 23.7. The molecule has 0 saturated carbocycles. The van der Waals surface area contributed by atoms with Crippen LogP contribution in [0.25, 0.3) is 0 Å². The van der Waals surface area contributed by atoms with Crippen LogP contribution in [0.4, 0.5) is 0 Å². The molecule has 0 aromatic rings. The third kappa shape index (κ3) is 6.74. The molecule has 2 aliphatic rings. The summed E-state index contributed by atoms with van der Waals surface area (Å²) in [7, 11) is 0. The Balaban J connectivity index is 1.70. The average Bonchev–Trinajstić information content (AvgIpc) is 3.15. The highest BCUT2D eigenvalue weighted by atomic mass is 16.7. The summed E-state index contributed by atoms with van der Waals surface area (Å²) in [6.07, 6.45) is 2.82. The first-order valence-electron chi connectivity index (χ1n) is 9.78. The summed E-state index contributed by atoms with van der Waals surface area (Å²) < 4.78 is 11.6. The maximum absolute atomic E-state index is 11.9. The van der Waals surface area contributed by atoms with Crippen molar-refractivity contribution in [1.82, 2.24) is 9.96 Å². The van der Waals surface area contributed by atoms with E-state index < -0.39 is 29.0 Å². The summed E-state index contributed by atoms with van der Waals surface area (Å²) in [6, 6.07) is 0. The first-order valence-corrected chi connectivity index (χ1v) is 9.78. The van der Waals surface area contributed by atoms with Crippen LogP contribution < -0.4 is 0 Å². The van der Waals surface area contributed by atoms with Crippen LogP contribution in [-0.2, 0) is 38.3 Å². The van der Waals surface area contributed by atoms with E-state index in [1.54, 1.807) is 13.8 Å². The second-order valence-electron chi connectivity index (χ2n) is 8.36. The Bertz CT molecular complexity index is 722. The number of rotatable bonds is 11. The van der Waals surface area contributed by atoms with Crippen molar-refractivity contribution >= 4 is 29.6 Å². The normalized spacial score (nSPS) is 17.5. The minimum atomic E-state index is -0.691. The van der Waals surface area contributed by atoms with E-state index in [9.17, 15) is 24.0 Å². The molecular formula is C20H28N2O8. The Morgan fingerprint density at radius 1 is 0.933 bits per heavy atom. The van der Waals surface area contributed by atoms with Crippen LogP contribution in [0.3, 0.4) is 0 Å². The minimum Gasteiger partial charge on any atom is -0.373 e. The third-order valence-corrected chi connectivity index (χ3v) is 4.65. The Morgan fingerprint density at radius 2 is 1.50 bits per heavy atom. The van der Waals surface area contributed by atoms with Gasteiger partial charge in [-0.15, -0.1) is 5.06 Å². The van der Waals surface area contributed by atoms with Gasteiger partial charge in [-0.3, -0.25) is 24.1 Å². The molecule has 2 rings (SSSR count). The average molecular weight is 424 g/mol. The van der Waals surface area contributed by atoms with Gasteiger partial charge in [0.25, 0.3) is 23.6 Å². The molecule has 0 aliphatic carbocycles. The molecular weight excluding hydrogens is 396 g/mol. The highest BCUT2D eigenvalue weighted by molar-refractivity contribution is 6.12. The van der Waals surface area contributed by atoms with Crippen molar-refractivity contribution in [1.29, 1.82) is 0 Å². The number of nitrogens with zero attached hydrogens (tertiary/aromatic N) is 2. The van der Waals surface area contributed by atoms with Gasteiger partial charge in [0.2, 0.25) is 0 Å². The minimum absolute atomic E-state index is 0.0302. The van der Waals surface area contributed by atoms with Gasteiger partial charge >= 0.3 is 5.97 Å². The zero-order valence-electron chi connectivity index (χ0n) is 17.8. The summed E-state index contributed by atoms with van der Waals surface area (Å²) in [4.78, 5) is 63.9. The van der Waals surface area contributed by atoms with Crippen molar-refractivity contribution in [3.63, 3.8) is 0 Å². The lowest BCUT2D eigenvalue weighted by molar-refractivity contribution is -0.198. The SMILES string of the molecule is CC(C)(CCC(=O)ON1C(=O)CCC1=O)OCC(C)(C)OCCN1C(=O)C=CC1=O. The monoisotopic (exact) mass is 424 g/mol. The summed E-state index contributed by atoms with van der Waals surface area (Å²) in [5.41, 5.74) is -1.38. The number of hydroxylamine groups is 2. The molecule has 0 aromatic carbocycles. The van der Waals surface area contributed by atoms with Crippen molar-refractivity contribution in [3.05, 3.63) is 12.2 Å². The van der Waals surface area contributed by atoms with Crippen molar-refractivity contribution in [2.24, 2.45) is 0 Å². The molecule has 0 bridgehead atoms. The zero-order chi connectivity index (χ0) is 22.5. The van der Waals surface area contributed by atoms with Gasteiger partial charge in [-0.2, -0.15) is 0 Å². The van der Waals surface area contributed by atoms with Gasteiger partial charge in [-0.1, -0.05) is 0 Å². The standard InChI is InChI=1S/C20H28N2O8/c1-19(2,10-9-18(27)30-22-16(25)7-8-17(22)26)29-13-20(3,4)28-12-11-21-14(23)5-6-15(21)24/h5-6H,7-13H2,1-4H3. The lowest BCUT2D eigenvalue weighted by atomic mass is 10.0. The second kappa shape index (κ2) is 9.48. The fraction of sp³-hybridized carbons (Fsp3) is 0.650. The molecule has 1 saturated heterocycles. The number of carbonyl (C=O) groups is 5. The van der Waals surface area contributed by atoms with E-state index in [1.165, 1.54) is 12.2 Å². The Hall–Kier alpha value is -2.59. The molecule has 30 heavy (non-hydrogen) atoms. The second-order valence-corrected chi connectivity index (χ2v) is 8.36. The highest BCUT2D eigenvalue weighted by Gasteiger charge is 2.33. The van der Waals surface area contributed by atoms with E-state index in [0.717, 1.165) is 4.90 Å². The van der Waals surface area contributed by atoms with Crippen LogP contribution >= 0.6 is 0 Å². The number of hydrogen-bond donors (Lipinski definition) is 0. The highest BCUT2D eigenvalue weighted by Crippen LogP contribution is 2.22. The molecule has 2 aliphatic heterocycles. The Morgan fingerprint density at radius 3 is 2.07 bits per heavy atom. The molecule has 2 heterocycles. The molecule has 10 nitrogen and oxygen atoms in total. The lowest BCUT2D eigenvalue weighted by Gasteiger charge is -2.32. The molecule has 0 unspecified atom stereocenters. The van der Waals surface area contributed by atoms with Crippen LogP contribution in [0.5, 0.6) is 0 Å². The topological polar surface area (TPSA) is 120 Å². The summed E-state index contributed by atoms with van der Waals surface area (Å²) >= 11 is 0. The molecule has 166 valence electrons. The smallest absolute Gasteiger partial charge is 0.333 e. The van der Waals surface area contributed by atoms with Gasteiger partial charge < -0.3 is 14.3 Å². The predicted octanol–water partition coefficient (Wildman–Crippen LogP) is 0.889. The molecule has 0 N–H and O–H groups in total. The van der Waals surface area contributed by atoms with Crippen LogP contribution in [0.2, 0.25) is 0 Å². The van der Waals surface area contributed by atoms with Crippen molar-refractivity contribution < 1.29 is 38.3 Å². The summed E-state index contributed by atoms with van der Waals surface area (Å²) in [5, 5.41) is 0.526. The number of amides is 4. The Kier molecular flexibility index (Phi) is 7.49. The van der Waals surface area contributed by atoms with E-state index >= 15 is 0 Å². The molecule has 4 amide bonds. The molecule has 1 fully saturated rings. The van der Waals surface area contributed by atoms with Crippen LogP contribution in [0.1, 0.15) is 53.4 Å². The number of imide groups is 2. The molecule has 10 heteroatoms. The lowest BCUT2D eigenvalue weighted by Crippen LogP contribution is -2.40. The maximum Gasteiger partial charge on any atom is 0.333 e. The van der Waals surface area contributed by atoms with Crippen LogP contribution in [0.15, 0.2) is 12.2 Å². The van der Waals surface area contributed by atoms with Gasteiger partial charge in [0.1, 0.15) is 0 Å². The summed E-state index contributed by atoms with van der Waals surface area (Å²) in [6.45, 7) is 7.75. The van der Waals surface area contributed by atoms with Gasteiger partial charge in [0.15, 0.2) is 0 Å². The largest absolute Gasteiger partial charge is 0.373 e. The van der Waals surface area contributed by atoms with Gasteiger partial charge in [-0.05, 0) is 34.1 Å². The number of ether oxygens (including phenoxy) is 2. The fourth-order valence-corrected chi connectivity index (χ4v) is 2.76. The van der Waals surface area contributed by atoms with Crippen LogP contribution in [-0.4, -0.2) is 70.5 Å². The van der Waals surface area contributed by atoms with E-state index in [-0.39, 0.29) is 50.8 Å². The summed E-state index contributed by atoms with van der Waals surface area (Å²) in [5.74, 6) is -2.43. The van der Waals surface area contributed by atoms with Crippen molar-refractivity contribution in [2.45, 2.75) is 64.6 Å². The van der Waals surface area contributed by atoms with E-state index in [0.29, 0.717) is 11.5 Å².